The van der Waals surface area contributed by atoms with Crippen molar-refractivity contribution in [1.82, 2.24) is 19.4 Å². The summed E-state index contributed by atoms with van der Waals surface area (Å²) < 4.78 is 7.02. The normalized spacial score (nSPS) is 18.2. The van der Waals surface area contributed by atoms with Crippen LogP contribution >= 0.6 is 0 Å². The lowest BCUT2D eigenvalue weighted by Gasteiger charge is -2.33. The Kier molecular flexibility index (Phi) is 4.24. The predicted octanol–water partition coefficient (Wildman–Crippen LogP) is 0.238. The first-order valence-electron chi connectivity index (χ1n) is 7.05. The quantitative estimate of drug-likeness (QED) is 0.811. The van der Waals surface area contributed by atoms with Gasteiger partial charge in [0.15, 0.2) is 0 Å². The number of carbonyl (C=O) groups excluding carboxylic acids is 1. The minimum Gasteiger partial charge on any atom is -0.370 e. The molecule has 7 nitrogen and oxygen atoms in total. The molecule has 114 valence electrons. The third kappa shape index (κ3) is 3.20. The summed E-state index contributed by atoms with van der Waals surface area (Å²) in [5.41, 5.74) is 0.570. The van der Waals surface area contributed by atoms with Gasteiger partial charge in [-0.05, 0) is 23.8 Å². The van der Waals surface area contributed by atoms with E-state index in [2.05, 4.69) is 9.97 Å². The second kappa shape index (κ2) is 6.48. The monoisotopic (exact) mass is 300 g/mol. The summed E-state index contributed by atoms with van der Waals surface area (Å²) in [7, 11) is 0. The van der Waals surface area contributed by atoms with Gasteiger partial charge in [-0.3, -0.25) is 14.3 Å². The molecule has 0 spiro atoms. The van der Waals surface area contributed by atoms with Crippen molar-refractivity contribution in [3.63, 3.8) is 0 Å². The lowest BCUT2D eigenvalue weighted by atomic mass is 10.1. The molecular weight excluding hydrogens is 284 g/mol. The van der Waals surface area contributed by atoms with Crippen LogP contribution in [0.5, 0.6) is 0 Å². The third-order valence-electron chi connectivity index (χ3n) is 3.59. The second-order valence-electron chi connectivity index (χ2n) is 5.01. The SMILES string of the molecule is O=C(Cn1cccnc1=O)N1CCO[C@@H](c2ccncc2)C1. The van der Waals surface area contributed by atoms with Gasteiger partial charge in [0.1, 0.15) is 12.6 Å². The summed E-state index contributed by atoms with van der Waals surface area (Å²) in [6.45, 7) is 1.46. The van der Waals surface area contributed by atoms with Crippen molar-refractivity contribution < 1.29 is 9.53 Å². The van der Waals surface area contributed by atoms with Crippen LogP contribution in [0.2, 0.25) is 0 Å². The van der Waals surface area contributed by atoms with E-state index in [1.807, 2.05) is 12.1 Å². The second-order valence-corrected chi connectivity index (χ2v) is 5.01. The summed E-state index contributed by atoms with van der Waals surface area (Å²) in [6.07, 6.45) is 6.22. The number of hydrogen-bond donors (Lipinski definition) is 0. The molecule has 2 aromatic heterocycles. The first kappa shape index (κ1) is 14.4. The van der Waals surface area contributed by atoms with Gasteiger partial charge in [0.2, 0.25) is 5.91 Å². The first-order chi connectivity index (χ1) is 10.7. The van der Waals surface area contributed by atoms with Crippen LogP contribution in [0.1, 0.15) is 11.7 Å². The van der Waals surface area contributed by atoms with Gasteiger partial charge in [-0.2, -0.15) is 0 Å². The number of hydrogen-bond acceptors (Lipinski definition) is 5. The van der Waals surface area contributed by atoms with E-state index in [0.717, 1.165) is 5.56 Å². The van der Waals surface area contributed by atoms with E-state index < -0.39 is 5.69 Å². The molecule has 2 aromatic rings. The van der Waals surface area contributed by atoms with E-state index in [1.165, 1.54) is 10.8 Å². The highest BCUT2D eigenvalue weighted by Gasteiger charge is 2.25. The smallest absolute Gasteiger partial charge is 0.347 e. The van der Waals surface area contributed by atoms with Gasteiger partial charge < -0.3 is 9.64 Å². The summed E-state index contributed by atoms with van der Waals surface area (Å²) >= 11 is 0. The van der Waals surface area contributed by atoms with Crippen LogP contribution < -0.4 is 5.69 Å². The average molecular weight is 300 g/mol. The number of rotatable bonds is 3. The largest absolute Gasteiger partial charge is 0.370 e. The standard InChI is InChI=1S/C15H16N4O3/c20-14(11-19-7-1-4-17-15(19)21)18-8-9-22-13(10-18)12-2-5-16-6-3-12/h1-7,13H,8-11H2/t13-/m1/s1. The third-order valence-corrected chi connectivity index (χ3v) is 3.59. The number of aromatic nitrogens is 3. The molecule has 0 unspecified atom stereocenters. The molecule has 1 atom stereocenters. The minimum absolute atomic E-state index is 0.00423. The van der Waals surface area contributed by atoms with Crippen LogP contribution in [0.25, 0.3) is 0 Å². The maximum absolute atomic E-state index is 12.4. The molecule has 1 saturated heterocycles. The van der Waals surface area contributed by atoms with Crippen molar-refractivity contribution in [2.45, 2.75) is 12.6 Å². The van der Waals surface area contributed by atoms with Gasteiger partial charge in [0.05, 0.1) is 13.2 Å². The summed E-state index contributed by atoms with van der Waals surface area (Å²) in [5, 5.41) is 0. The first-order valence-corrected chi connectivity index (χ1v) is 7.05. The molecule has 22 heavy (non-hydrogen) atoms. The number of carbonyl (C=O) groups is 1. The Balaban J connectivity index is 1.68. The van der Waals surface area contributed by atoms with Crippen LogP contribution in [0.15, 0.2) is 47.8 Å². The van der Waals surface area contributed by atoms with Crippen molar-refractivity contribution in [2.75, 3.05) is 19.7 Å². The van der Waals surface area contributed by atoms with E-state index in [1.54, 1.807) is 29.6 Å². The molecule has 1 amide bonds. The fourth-order valence-electron chi connectivity index (χ4n) is 2.41. The molecule has 3 rings (SSSR count). The molecule has 0 bridgehead atoms. The van der Waals surface area contributed by atoms with E-state index in [4.69, 9.17) is 4.74 Å². The Morgan fingerprint density at radius 1 is 1.32 bits per heavy atom. The molecule has 0 aromatic carbocycles. The highest BCUT2D eigenvalue weighted by Crippen LogP contribution is 2.21. The Labute approximate surface area is 127 Å². The van der Waals surface area contributed by atoms with E-state index in [-0.39, 0.29) is 18.6 Å². The Bertz CT molecular complexity index is 701. The van der Waals surface area contributed by atoms with E-state index >= 15 is 0 Å². The number of nitrogens with zero attached hydrogens (tertiary/aromatic N) is 4. The zero-order valence-electron chi connectivity index (χ0n) is 12.0. The highest BCUT2D eigenvalue weighted by molar-refractivity contribution is 5.76. The average Bonchev–Trinajstić information content (AvgIpc) is 2.58. The molecule has 1 aliphatic rings. The fraction of sp³-hybridized carbons (Fsp3) is 0.333. The summed E-state index contributed by atoms with van der Waals surface area (Å²) in [5.74, 6) is -0.113. The maximum Gasteiger partial charge on any atom is 0.347 e. The fourth-order valence-corrected chi connectivity index (χ4v) is 2.41. The summed E-state index contributed by atoms with van der Waals surface area (Å²) in [6, 6.07) is 5.39. The zero-order chi connectivity index (χ0) is 15.4. The molecule has 7 heteroatoms. The molecule has 0 radical (unpaired) electrons. The Morgan fingerprint density at radius 2 is 2.14 bits per heavy atom. The van der Waals surface area contributed by atoms with Gasteiger partial charge in [0, 0.05) is 31.3 Å². The molecule has 0 aliphatic carbocycles. The van der Waals surface area contributed by atoms with Crippen molar-refractivity contribution in [3.8, 4) is 0 Å². The van der Waals surface area contributed by atoms with E-state index in [9.17, 15) is 9.59 Å². The molecule has 3 heterocycles. The topological polar surface area (TPSA) is 77.3 Å². The van der Waals surface area contributed by atoms with Crippen LogP contribution in [0.3, 0.4) is 0 Å². The number of morpholine rings is 1. The van der Waals surface area contributed by atoms with Gasteiger partial charge in [0.25, 0.3) is 0 Å². The molecule has 0 saturated carbocycles. The van der Waals surface area contributed by atoms with Gasteiger partial charge in [-0.1, -0.05) is 0 Å². The minimum atomic E-state index is -0.421. The highest BCUT2D eigenvalue weighted by atomic mass is 16.5. The van der Waals surface area contributed by atoms with Gasteiger partial charge in [-0.25, -0.2) is 9.78 Å². The van der Waals surface area contributed by atoms with E-state index in [0.29, 0.717) is 19.7 Å². The van der Waals surface area contributed by atoms with Crippen LogP contribution in [-0.4, -0.2) is 45.0 Å². The molecule has 1 fully saturated rings. The number of amides is 1. The molecule has 1 aliphatic heterocycles. The number of pyridine rings is 1. The maximum atomic E-state index is 12.4. The van der Waals surface area contributed by atoms with Gasteiger partial charge in [-0.15, -0.1) is 0 Å². The lowest BCUT2D eigenvalue weighted by molar-refractivity contribution is -0.139. The summed E-state index contributed by atoms with van der Waals surface area (Å²) in [4.78, 5) is 33.3. The van der Waals surface area contributed by atoms with Crippen LogP contribution in [0.4, 0.5) is 0 Å². The number of ether oxygens (including phenoxy) is 1. The van der Waals surface area contributed by atoms with Crippen LogP contribution in [-0.2, 0) is 16.1 Å². The van der Waals surface area contributed by atoms with Crippen molar-refractivity contribution >= 4 is 5.91 Å². The Hall–Kier alpha value is -2.54. The Morgan fingerprint density at radius 3 is 2.91 bits per heavy atom. The van der Waals surface area contributed by atoms with Gasteiger partial charge >= 0.3 is 5.69 Å². The predicted molar refractivity (Wildman–Crippen MR) is 78.0 cm³/mol. The lowest BCUT2D eigenvalue weighted by Crippen LogP contribution is -2.44. The van der Waals surface area contributed by atoms with Crippen molar-refractivity contribution in [2.24, 2.45) is 0 Å². The van der Waals surface area contributed by atoms with Crippen molar-refractivity contribution in [1.29, 1.82) is 0 Å². The van der Waals surface area contributed by atoms with Crippen molar-refractivity contribution in [3.05, 3.63) is 59.0 Å². The molecule has 0 N–H and O–H groups in total. The van der Waals surface area contributed by atoms with Crippen LogP contribution in [0, 0.1) is 0 Å². The zero-order valence-corrected chi connectivity index (χ0v) is 12.0. The molecular formula is C15H16N4O3.